The van der Waals surface area contributed by atoms with Crippen molar-refractivity contribution in [1.29, 1.82) is 0 Å². The summed E-state index contributed by atoms with van der Waals surface area (Å²) < 4.78 is 63.8. The second-order valence-electron chi connectivity index (χ2n) is 15.8. The minimum absolute atomic E-state index is 0.172. The largest absolute Gasteiger partial charge is 0.478 e. The van der Waals surface area contributed by atoms with Crippen LogP contribution >= 0.6 is 23.2 Å². The maximum atomic E-state index is 14.7. The van der Waals surface area contributed by atoms with E-state index in [0.717, 1.165) is 33.5 Å². The molecule has 0 atom stereocenters. The van der Waals surface area contributed by atoms with Crippen molar-refractivity contribution in [2.24, 2.45) is 9.98 Å². The van der Waals surface area contributed by atoms with Crippen LogP contribution in [0.1, 0.15) is 61.0 Å². The molecular formula is C54H36Cl2F4N6O4. The van der Waals surface area contributed by atoms with Gasteiger partial charge in [-0.2, -0.15) is 0 Å². The fourth-order valence-corrected chi connectivity index (χ4v) is 8.37. The average molecular weight is 980 g/mol. The third kappa shape index (κ3) is 9.86. The first-order valence-electron chi connectivity index (χ1n) is 21.6. The molecule has 6 aromatic carbocycles. The summed E-state index contributed by atoms with van der Waals surface area (Å²) in [5, 5.41) is 16.3. The van der Waals surface area contributed by atoms with Crippen molar-refractivity contribution in [1.82, 2.24) is 9.97 Å². The lowest BCUT2D eigenvalue weighted by molar-refractivity contribution is 0.0525. The van der Waals surface area contributed by atoms with E-state index in [-0.39, 0.29) is 47.2 Å². The minimum Gasteiger partial charge on any atom is -0.478 e. The standard InChI is InChI=1S/C28H20ClF2N3O2.C26H16ClF2N3O2/c1-2-36-28(35)16-6-9-19(10-7-16)34-25-13-21-17(14-32-25)15-33-27(22-12-18(29)8-11-20(21)22)26-23(30)4-3-5-24(26)31;27-16-6-9-18-19-11-23(32-17-7-4-14(5-8-17)26(33)34)30-12-15(19)13-31-25(20(18)10-16)24-21(28)2-1-3-22(24)29/h3-14H,2,15H2,1H3,(H,32,34);1-12H,13H2,(H,30,32)(H,33,34). The van der Waals surface area contributed by atoms with Crippen molar-refractivity contribution in [2.45, 2.75) is 20.0 Å². The van der Waals surface area contributed by atoms with Crippen LogP contribution in [-0.2, 0) is 17.8 Å². The van der Waals surface area contributed by atoms with E-state index in [1.54, 1.807) is 86.0 Å². The van der Waals surface area contributed by atoms with E-state index in [1.165, 1.54) is 48.5 Å². The fourth-order valence-electron chi connectivity index (χ4n) is 8.02. The van der Waals surface area contributed by atoms with Crippen LogP contribution in [0.2, 0.25) is 10.0 Å². The molecule has 16 heteroatoms. The van der Waals surface area contributed by atoms with Crippen molar-refractivity contribution in [3.63, 3.8) is 0 Å². The normalized spacial score (nSPS) is 12.2. The predicted molar refractivity (Wildman–Crippen MR) is 263 cm³/mol. The van der Waals surface area contributed by atoms with Gasteiger partial charge in [0, 0.05) is 44.9 Å². The van der Waals surface area contributed by atoms with Crippen LogP contribution in [0, 0.1) is 23.3 Å². The summed E-state index contributed by atoms with van der Waals surface area (Å²) in [5.74, 6) is -3.13. The zero-order chi connectivity index (χ0) is 49.1. The Balaban J connectivity index is 0.000000174. The highest BCUT2D eigenvalue weighted by Gasteiger charge is 2.26. The molecule has 0 saturated heterocycles. The number of fused-ring (bicyclic) bond motifs is 6. The minimum atomic E-state index is -1.01. The Morgan fingerprint density at radius 1 is 0.557 bits per heavy atom. The lowest BCUT2D eigenvalue weighted by Crippen LogP contribution is -2.10. The SMILES string of the molecule is CCOC(=O)c1ccc(Nc2cc3c(cn2)CN=C(c2c(F)cccc2F)c2cc(Cl)ccc2-3)cc1.O=C(O)c1ccc(Nc2cc3c(cn2)CN=C(c2c(F)cccc2F)c2cc(Cl)ccc2-3)cc1. The second-order valence-corrected chi connectivity index (χ2v) is 16.7. The fraction of sp³-hybridized carbons (Fsp3) is 0.0741. The van der Waals surface area contributed by atoms with E-state index < -0.39 is 29.2 Å². The molecule has 8 aromatic rings. The first-order valence-corrected chi connectivity index (χ1v) is 22.3. The summed E-state index contributed by atoms with van der Waals surface area (Å²) in [4.78, 5) is 41.0. The van der Waals surface area contributed by atoms with Gasteiger partial charge in [-0.1, -0.05) is 47.5 Å². The van der Waals surface area contributed by atoms with Crippen LogP contribution in [-0.4, -0.2) is 45.0 Å². The van der Waals surface area contributed by atoms with Crippen molar-refractivity contribution in [3.8, 4) is 22.3 Å². The van der Waals surface area contributed by atoms with E-state index in [4.69, 9.17) is 33.0 Å². The summed E-state index contributed by atoms with van der Waals surface area (Å²) in [5.41, 5.74) is 7.68. The smallest absolute Gasteiger partial charge is 0.338 e. The maximum Gasteiger partial charge on any atom is 0.338 e. The molecule has 0 unspecified atom stereocenters. The van der Waals surface area contributed by atoms with Crippen LogP contribution in [0.15, 0.2) is 156 Å². The number of carbonyl (C=O) groups is 2. The Labute approximate surface area is 408 Å². The monoisotopic (exact) mass is 978 g/mol. The first kappa shape index (κ1) is 46.9. The van der Waals surface area contributed by atoms with Gasteiger partial charge in [0.25, 0.3) is 0 Å². The predicted octanol–water partition coefficient (Wildman–Crippen LogP) is 13.4. The Morgan fingerprint density at radius 3 is 1.37 bits per heavy atom. The molecule has 0 fully saturated rings. The van der Waals surface area contributed by atoms with Gasteiger partial charge >= 0.3 is 11.9 Å². The van der Waals surface area contributed by atoms with Gasteiger partial charge in [-0.15, -0.1) is 0 Å². The van der Waals surface area contributed by atoms with E-state index in [9.17, 15) is 27.2 Å². The van der Waals surface area contributed by atoms with Gasteiger partial charge in [0.15, 0.2) is 0 Å². The second kappa shape index (κ2) is 20.2. The summed E-state index contributed by atoms with van der Waals surface area (Å²) in [6.45, 7) is 2.42. The number of hydrogen-bond donors (Lipinski definition) is 3. The van der Waals surface area contributed by atoms with Crippen molar-refractivity contribution >= 4 is 69.6 Å². The summed E-state index contributed by atoms with van der Waals surface area (Å²) in [6, 6.07) is 34.6. The number of ether oxygens (including phenoxy) is 1. The zero-order valence-electron chi connectivity index (χ0n) is 36.7. The molecule has 0 amide bonds. The molecule has 0 bridgehead atoms. The Bertz CT molecular complexity index is 3390. The molecule has 70 heavy (non-hydrogen) atoms. The third-order valence-electron chi connectivity index (χ3n) is 11.3. The van der Waals surface area contributed by atoms with Gasteiger partial charge in [-0.05, 0) is 149 Å². The molecule has 2 aliphatic heterocycles. The number of anilines is 4. The van der Waals surface area contributed by atoms with E-state index in [2.05, 4.69) is 30.6 Å². The quantitative estimate of drug-likeness (QED) is 0.0960. The van der Waals surface area contributed by atoms with E-state index >= 15 is 0 Å². The molecule has 348 valence electrons. The number of carbonyl (C=O) groups excluding carboxylic acids is 1. The first-order chi connectivity index (χ1) is 33.8. The Hall–Kier alpha value is -8.20. The van der Waals surface area contributed by atoms with E-state index in [0.29, 0.717) is 56.2 Å². The van der Waals surface area contributed by atoms with Gasteiger partial charge in [-0.3, -0.25) is 9.98 Å². The van der Waals surface area contributed by atoms with Crippen molar-refractivity contribution in [2.75, 3.05) is 17.2 Å². The van der Waals surface area contributed by atoms with Gasteiger partial charge < -0.3 is 20.5 Å². The topological polar surface area (TPSA) is 138 Å². The molecule has 4 heterocycles. The number of aromatic carboxylic acids is 1. The molecule has 0 radical (unpaired) electrons. The number of nitrogens with one attached hydrogen (secondary N) is 2. The molecule has 2 aliphatic rings. The number of rotatable bonds is 9. The van der Waals surface area contributed by atoms with E-state index in [1.807, 2.05) is 18.2 Å². The number of pyridine rings is 2. The van der Waals surface area contributed by atoms with Crippen LogP contribution in [0.4, 0.5) is 40.6 Å². The number of benzene rings is 6. The number of hydrogen-bond acceptors (Lipinski definition) is 9. The molecule has 10 rings (SSSR count). The number of aromatic nitrogens is 2. The average Bonchev–Trinajstić information content (AvgIpc) is 3.59. The van der Waals surface area contributed by atoms with Gasteiger partial charge in [0.05, 0.1) is 53.4 Å². The molecule has 0 aliphatic carbocycles. The molecule has 3 N–H and O–H groups in total. The molecule has 2 aromatic heterocycles. The number of nitrogens with zero attached hydrogens (tertiary/aromatic N) is 4. The van der Waals surface area contributed by atoms with Crippen LogP contribution in [0.5, 0.6) is 0 Å². The Morgan fingerprint density at radius 2 is 0.971 bits per heavy atom. The van der Waals surface area contributed by atoms with Crippen molar-refractivity contribution < 1.29 is 37.0 Å². The number of carboxylic acids is 1. The number of aliphatic imine (C=N–C) groups is 2. The van der Waals surface area contributed by atoms with Gasteiger partial charge in [0.2, 0.25) is 0 Å². The number of halogens is 6. The van der Waals surface area contributed by atoms with Gasteiger partial charge in [0.1, 0.15) is 34.9 Å². The van der Waals surface area contributed by atoms with Gasteiger partial charge in [-0.25, -0.2) is 37.1 Å². The lowest BCUT2D eigenvalue weighted by atomic mass is 9.92. The number of carboxylic acid groups (broad SMARTS) is 1. The lowest BCUT2D eigenvalue weighted by Gasteiger charge is -2.14. The maximum absolute atomic E-state index is 14.7. The summed E-state index contributed by atoms with van der Waals surface area (Å²) in [7, 11) is 0. The van der Waals surface area contributed by atoms with Crippen molar-refractivity contribution in [3.05, 3.63) is 224 Å². The van der Waals surface area contributed by atoms with Crippen LogP contribution < -0.4 is 10.6 Å². The highest BCUT2D eigenvalue weighted by molar-refractivity contribution is 6.32. The summed E-state index contributed by atoms with van der Waals surface area (Å²) >= 11 is 12.5. The molecule has 10 nitrogen and oxygen atoms in total. The highest BCUT2D eigenvalue weighted by Crippen LogP contribution is 2.38. The highest BCUT2D eigenvalue weighted by atomic mass is 35.5. The number of esters is 1. The molecular weight excluding hydrogens is 944 g/mol. The molecule has 0 spiro atoms. The molecule has 0 saturated carbocycles. The van der Waals surface area contributed by atoms with Crippen LogP contribution in [0.3, 0.4) is 0 Å². The Kier molecular flexibility index (Phi) is 13.5. The summed E-state index contributed by atoms with van der Waals surface area (Å²) in [6.07, 6.45) is 3.35. The van der Waals surface area contributed by atoms with Crippen LogP contribution in [0.25, 0.3) is 22.3 Å². The third-order valence-corrected chi connectivity index (χ3v) is 11.8. The zero-order valence-corrected chi connectivity index (χ0v) is 38.2.